The van der Waals surface area contributed by atoms with Crippen molar-refractivity contribution in [3.8, 4) is 0 Å². The summed E-state index contributed by atoms with van der Waals surface area (Å²) in [6, 6.07) is 4.77. The first-order chi connectivity index (χ1) is 12.6. The van der Waals surface area contributed by atoms with Gasteiger partial charge >= 0.3 is 6.09 Å². The Labute approximate surface area is 161 Å². The van der Waals surface area contributed by atoms with E-state index in [-0.39, 0.29) is 17.8 Å². The molecule has 0 unspecified atom stereocenters. The highest BCUT2D eigenvalue weighted by molar-refractivity contribution is 7.22. The highest BCUT2D eigenvalue weighted by Gasteiger charge is 2.33. The van der Waals surface area contributed by atoms with Crippen LogP contribution in [0.1, 0.15) is 33.6 Å². The maximum atomic E-state index is 12.4. The highest BCUT2D eigenvalue weighted by Crippen LogP contribution is 2.31. The summed E-state index contributed by atoms with van der Waals surface area (Å²) < 4.78 is 6.42. The third kappa shape index (κ3) is 4.47. The fourth-order valence-corrected chi connectivity index (χ4v) is 4.08. The summed E-state index contributed by atoms with van der Waals surface area (Å²) in [6.45, 7) is 6.92. The van der Waals surface area contributed by atoms with E-state index in [9.17, 15) is 14.9 Å². The number of likely N-dealkylation sites (tertiary alicyclic amines) is 1. The number of nitro benzene ring substituents is 1. The van der Waals surface area contributed by atoms with Crippen molar-refractivity contribution in [2.75, 3.05) is 25.0 Å². The van der Waals surface area contributed by atoms with Gasteiger partial charge in [0.25, 0.3) is 5.69 Å². The molecule has 2 heterocycles. The quantitative estimate of drug-likeness (QED) is 0.576. The maximum absolute atomic E-state index is 12.4. The third-order valence-corrected chi connectivity index (χ3v) is 5.54. The van der Waals surface area contributed by atoms with E-state index in [0.717, 1.165) is 22.7 Å². The van der Waals surface area contributed by atoms with Gasteiger partial charge < -0.3 is 14.5 Å². The molecule has 8 nitrogen and oxygen atoms in total. The van der Waals surface area contributed by atoms with Crippen LogP contribution in [0.5, 0.6) is 0 Å². The Hall–Kier alpha value is -2.42. The first-order valence-corrected chi connectivity index (χ1v) is 9.71. The third-order valence-electron chi connectivity index (χ3n) is 4.39. The average Bonchev–Trinajstić information content (AvgIpc) is 3.18. The lowest BCUT2D eigenvalue weighted by molar-refractivity contribution is -0.384. The molecule has 1 aliphatic rings. The zero-order chi connectivity index (χ0) is 19.8. The summed E-state index contributed by atoms with van der Waals surface area (Å²) in [7, 11) is 1.93. The molecule has 2 aromatic rings. The highest BCUT2D eigenvalue weighted by atomic mass is 32.1. The molecule has 0 spiro atoms. The molecule has 9 heteroatoms. The molecule has 1 fully saturated rings. The van der Waals surface area contributed by atoms with E-state index in [2.05, 4.69) is 4.98 Å². The molecular weight excluding hydrogens is 368 g/mol. The Morgan fingerprint density at radius 1 is 1.48 bits per heavy atom. The number of rotatable bonds is 4. The molecule has 146 valence electrons. The van der Waals surface area contributed by atoms with Crippen molar-refractivity contribution in [3.05, 3.63) is 28.3 Å². The largest absolute Gasteiger partial charge is 0.444 e. The molecule has 0 N–H and O–H groups in total. The number of nitrogens with zero attached hydrogens (tertiary/aromatic N) is 4. The van der Waals surface area contributed by atoms with E-state index in [1.165, 1.54) is 23.5 Å². The average molecular weight is 392 g/mol. The Kier molecular flexibility index (Phi) is 5.23. The summed E-state index contributed by atoms with van der Waals surface area (Å²) in [5, 5.41) is 11.7. The summed E-state index contributed by atoms with van der Waals surface area (Å²) in [5.41, 5.74) is 0.137. The summed E-state index contributed by atoms with van der Waals surface area (Å²) in [4.78, 5) is 31.3. The summed E-state index contributed by atoms with van der Waals surface area (Å²) >= 11 is 1.49. The number of thiazole rings is 1. The number of amides is 1. The van der Waals surface area contributed by atoms with Crippen LogP contribution in [-0.4, -0.2) is 52.7 Å². The second kappa shape index (κ2) is 7.30. The molecule has 1 aliphatic heterocycles. The molecule has 1 amide bonds. The number of non-ortho nitro benzene ring substituents is 1. The summed E-state index contributed by atoms with van der Waals surface area (Å²) in [5.74, 6) is 0. The van der Waals surface area contributed by atoms with Crippen LogP contribution < -0.4 is 4.90 Å². The van der Waals surface area contributed by atoms with Gasteiger partial charge in [0.05, 0.1) is 21.2 Å². The van der Waals surface area contributed by atoms with Gasteiger partial charge in [-0.1, -0.05) is 11.3 Å². The van der Waals surface area contributed by atoms with Crippen molar-refractivity contribution in [2.24, 2.45) is 0 Å². The van der Waals surface area contributed by atoms with Gasteiger partial charge in [0.1, 0.15) is 5.60 Å². The van der Waals surface area contributed by atoms with Crippen LogP contribution in [0.25, 0.3) is 10.2 Å². The van der Waals surface area contributed by atoms with Crippen LogP contribution in [0.2, 0.25) is 0 Å². The second-order valence-corrected chi connectivity index (χ2v) is 8.76. The Bertz CT molecular complexity index is 861. The minimum atomic E-state index is -0.516. The van der Waals surface area contributed by atoms with E-state index >= 15 is 0 Å². The number of aromatic nitrogens is 1. The summed E-state index contributed by atoms with van der Waals surface area (Å²) in [6.07, 6.45) is 1.59. The Balaban J connectivity index is 1.72. The molecular formula is C18H24N4O4S. The van der Waals surface area contributed by atoms with Crippen molar-refractivity contribution in [2.45, 2.75) is 45.3 Å². The molecule has 0 aliphatic carbocycles. The van der Waals surface area contributed by atoms with E-state index in [1.807, 2.05) is 32.7 Å². The predicted octanol–water partition coefficient (Wildman–Crippen LogP) is 4.04. The van der Waals surface area contributed by atoms with E-state index in [1.54, 1.807) is 11.0 Å². The molecule has 1 atom stereocenters. The lowest BCUT2D eigenvalue weighted by Crippen LogP contribution is -2.44. The molecule has 1 saturated heterocycles. The van der Waals surface area contributed by atoms with Crippen molar-refractivity contribution in [1.29, 1.82) is 0 Å². The monoisotopic (exact) mass is 392 g/mol. The van der Waals surface area contributed by atoms with Gasteiger partial charge in [-0.25, -0.2) is 9.78 Å². The van der Waals surface area contributed by atoms with Crippen LogP contribution >= 0.6 is 11.3 Å². The molecule has 0 bridgehead atoms. The second-order valence-electron chi connectivity index (χ2n) is 7.76. The van der Waals surface area contributed by atoms with Crippen molar-refractivity contribution < 1.29 is 14.5 Å². The number of fused-ring (bicyclic) bond motifs is 1. The first-order valence-electron chi connectivity index (χ1n) is 8.90. The Morgan fingerprint density at radius 2 is 2.22 bits per heavy atom. The number of ether oxygens (including phenoxy) is 1. The molecule has 3 rings (SSSR count). The van der Waals surface area contributed by atoms with Gasteiger partial charge in [0.2, 0.25) is 0 Å². The maximum Gasteiger partial charge on any atom is 0.410 e. The van der Waals surface area contributed by atoms with Crippen molar-refractivity contribution >= 4 is 38.5 Å². The zero-order valence-electron chi connectivity index (χ0n) is 16.0. The number of hydrogen-bond donors (Lipinski definition) is 0. The molecule has 1 aromatic heterocycles. The minimum Gasteiger partial charge on any atom is -0.444 e. The van der Waals surface area contributed by atoms with Crippen LogP contribution in [0, 0.1) is 10.1 Å². The molecule has 1 aromatic carbocycles. The van der Waals surface area contributed by atoms with Crippen LogP contribution in [0.15, 0.2) is 18.2 Å². The fourth-order valence-electron chi connectivity index (χ4n) is 3.16. The smallest absolute Gasteiger partial charge is 0.410 e. The van der Waals surface area contributed by atoms with Crippen molar-refractivity contribution in [1.82, 2.24) is 9.88 Å². The minimum absolute atomic E-state index is 0.0360. The molecule has 0 radical (unpaired) electrons. The van der Waals surface area contributed by atoms with Gasteiger partial charge in [-0.15, -0.1) is 0 Å². The van der Waals surface area contributed by atoms with Gasteiger partial charge in [-0.05, 0) is 39.7 Å². The van der Waals surface area contributed by atoms with Crippen molar-refractivity contribution in [3.63, 3.8) is 0 Å². The van der Waals surface area contributed by atoms with Gasteiger partial charge in [-0.2, -0.15) is 0 Å². The number of anilines is 1. The zero-order valence-corrected chi connectivity index (χ0v) is 16.8. The van der Waals surface area contributed by atoms with E-state index in [4.69, 9.17) is 4.74 Å². The SMILES string of the molecule is CN(C[C@H]1CCCN1C(=O)OC(C)(C)C)c1nc2cc([N+](=O)[O-])ccc2s1. The van der Waals surface area contributed by atoms with E-state index in [0.29, 0.717) is 18.6 Å². The lowest BCUT2D eigenvalue weighted by Gasteiger charge is -2.30. The number of carbonyl (C=O) groups is 1. The predicted molar refractivity (Wildman–Crippen MR) is 106 cm³/mol. The first kappa shape index (κ1) is 19.3. The number of benzene rings is 1. The van der Waals surface area contributed by atoms with E-state index < -0.39 is 10.5 Å². The van der Waals surface area contributed by atoms with Gasteiger partial charge in [0.15, 0.2) is 5.13 Å². The topological polar surface area (TPSA) is 88.8 Å². The number of likely N-dealkylation sites (N-methyl/N-ethyl adjacent to an activating group) is 1. The number of nitro groups is 1. The number of carbonyl (C=O) groups excluding carboxylic acids is 1. The lowest BCUT2D eigenvalue weighted by atomic mass is 10.2. The van der Waals surface area contributed by atoms with Crippen LogP contribution in [0.3, 0.4) is 0 Å². The van der Waals surface area contributed by atoms with Crippen LogP contribution in [-0.2, 0) is 4.74 Å². The van der Waals surface area contributed by atoms with Crippen LogP contribution in [0.4, 0.5) is 15.6 Å². The molecule has 0 saturated carbocycles. The van der Waals surface area contributed by atoms with Gasteiger partial charge in [0, 0.05) is 32.3 Å². The van der Waals surface area contributed by atoms with Gasteiger partial charge in [-0.3, -0.25) is 10.1 Å². The standard InChI is InChI=1S/C18H24N4O4S/c1-18(2,3)26-17(23)21-9-5-6-13(21)11-20(4)16-19-14-10-12(22(24)25)7-8-15(14)27-16/h7-8,10,13H,5-6,9,11H2,1-4H3/t13-/m1/s1. The normalized spacial score (nSPS) is 17.3. The Morgan fingerprint density at radius 3 is 2.89 bits per heavy atom. The fraction of sp³-hybridized carbons (Fsp3) is 0.556. The number of hydrogen-bond acceptors (Lipinski definition) is 7. The molecule has 27 heavy (non-hydrogen) atoms.